The second-order valence-electron chi connectivity index (χ2n) is 4.71. The Hall–Kier alpha value is -1.29. The molecular weight excluding hydrogens is 228 g/mol. The van der Waals surface area contributed by atoms with Crippen molar-refractivity contribution in [3.05, 3.63) is 18.2 Å². The van der Waals surface area contributed by atoms with E-state index in [9.17, 15) is 0 Å². The lowest BCUT2D eigenvalue weighted by atomic mass is 10.1. The average molecular weight is 250 g/mol. The van der Waals surface area contributed by atoms with Crippen LogP contribution in [0.15, 0.2) is 18.2 Å². The molecule has 0 saturated heterocycles. The quantitative estimate of drug-likeness (QED) is 0.834. The molecule has 0 bridgehead atoms. The third kappa shape index (κ3) is 3.60. The normalized spacial score (nSPS) is 24.3. The topological polar surface area (TPSA) is 57.4 Å². The SMILES string of the molecule is CCOc1cccc(OC2CCCCCC2N)n1. The second kappa shape index (κ2) is 6.59. The summed E-state index contributed by atoms with van der Waals surface area (Å²) in [5.41, 5.74) is 6.14. The molecule has 2 unspecified atom stereocenters. The minimum absolute atomic E-state index is 0.0804. The Kier molecular flexibility index (Phi) is 4.81. The first-order valence-corrected chi connectivity index (χ1v) is 6.81. The Labute approximate surface area is 108 Å². The summed E-state index contributed by atoms with van der Waals surface area (Å²) in [6.07, 6.45) is 5.77. The van der Waals surface area contributed by atoms with Gasteiger partial charge in [0.05, 0.1) is 6.61 Å². The van der Waals surface area contributed by atoms with Gasteiger partial charge in [0, 0.05) is 18.2 Å². The molecule has 1 aromatic heterocycles. The minimum atomic E-state index is 0.0804. The third-order valence-corrected chi connectivity index (χ3v) is 3.27. The molecule has 18 heavy (non-hydrogen) atoms. The lowest BCUT2D eigenvalue weighted by Crippen LogP contribution is -2.38. The van der Waals surface area contributed by atoms with Gasteiger partial charge in [0.15, 0.2) is 0 Å². The molecule has 1 heterocycles. The van der Waals surface area contributed by atoms with E-state index in [-0.39, 0.29) is 12.1 Å². The molecule has 0 amide bonds. The van der Waals surface area contributed by atoms with E-state index in [2.05, 4.69) is 4.98 Å². The number of ether oxygens (including phenoxy) is 2. The van der Waals surface area contributed by atoms with Crippen molar-refractivity contribution in [1.82, 2.24) is 4.98 Å². The first-order chi connectivity index (χ1) is 8.79. The summed E-state index contributed by atoms with van der Waals surface area (Å²) in [5.74, 6) is 1.22. The summed E-state index contributed by atoms with van der Waals surface area (Å²) in [6.45, 7) is 2.55. The predicted octanol–water partition coefficient (Wildman–Crippen LogP) is 2.52. The van der Waals surface area contributed by atoms with Gasteiger partial charge >= 0.3 is 0 Å². The van der Waals surface area contributed by atoms with Crippen LogP contribution in [-0.4, -0.2) is 23.7 Å². The highest BCUT2D eigenvalue weighted by Crippen LogP contribution is 2.22. The molecule has 2 N–H and O–H groups in total. The van der Waals surface area contributed by atoms with Crippen molar-refractivity contribution in [3.8, 4) is 11.8 Å². The maximum absolute atomic E-state index is 6.14. The summed E-state index contributed by atoms with van der Waals surface area (Å²) >= 11 is 0. The van der Waals surface area contributed by atoms with Crippen LogP contribution in [-0.2, 0) is 0 Å². The molecule has 4 nitrogen and oxygen atoms in total. The van der Waals surface area contributed by atoms with Crippen LogP contribution in [0.5, 0.6) is 11.8 Å². The molecule has 0 radical (unpaired) electrons. The molecule has 0 aliphatic heterocycles. The largest absolute Gasteiger partial charge is 0.478 e. The molecule has 100 valence electrons. The summed E-state index contributed by atoms with van der Waals surface area (Å²) in [6, 6.07) is 5.71. The smallest absolute Gasteiger partial charge is 0.216 e. The van der Waals surface area contributed by atoms with Gasteiger partial charge in [0.2, 0.25) is 11.8 Å². The van der Waals surface area contributed by atoms with E-state index >= 15 is 0 Å². The van der Waals surface area contributed by atoms with Crippen molar-refractivity contribution in [1.29, 1.82) is 0 Å². The van der Waals surface area contributed by atoms with E-state index in [0.717, 1.165) is 12.8 Å². The van der Waals surface area contributed by atoms with E-state index in [0.29, 0.717) is 18.4 Å². The molecule has 1 aliphatic carbocycles. The monoisotopic (exact) mass is 250 g/mol. The van der Waals surface area contributed by atoms with Crippen LogP contribution in [0.4, 0.5) is 0 Å². The molecule has 1 aromatic rings. The van der Waals surface area contributed by atoms with Crippen LogP contribution < -0.4 is 15.2 Å². The van der Waals surface area contributed by atoms with Gasteiger partial charge in [0.25, 0.3) is 0 Å². The number of nitrogens with two attached hydrogens (primary N) is 1. The van der Waals surface area contributed by atoms with Gasteiger partial charge in [-0.3, -0.25) is 0 Å². The molecule has 1 fully saturated rings. The first kappa shape index (κ1) is 13.1. The zero-order chi connectivity index (χ0) is 12.8. The number of hydrogen-bond acceptors (Lipinski definition) is 4. The molecule has 0 aromatic carbocycles. The van der Waals surface area contributed by atoms with E-state index in [1.165, 1.54) is 19.3 Å². The number of aromatic nitrogens is 1. The highest BCUT2D eigenvalue weighted by atomic mass is 16.5. The Morgan fingerprint density at radius 2 is 2.00 bits per heavy atom. The maximum Gasteiger partial charge on any atom is 0.216 e. The summed E-state index contributed by atoms with van der Waals surface area (Å²) in [5, 5.41) is 0. The molecule has 1 aliphatic rings. The number of nitrogens with zero attached hydrogens (tertiary/aromatic N) is 1. The Morgan fingerprint density at radius 1 is 1.22 bits per heavy atom. The van der Waals surface area contributed by atoms with Crippen LogP contribution in [0.2, 0.25) is 0 Å². The fraction of sp³-hybridized carbons (Fsp3) is 0.643. The van der Waals surface area contributed by atoms with E-state index < -0.39 is 0 Å². The van der Waals surface area contributed by atoms with Gasteiger partial charge in [-0.15, -0.1) is 0 Å². The van der Waals surface area contributed by atoms with Crippen LogP contribution >= 0.6 is 0 Å². The molecule has 2 rings (SSSR count). The van der Waals surface area contributed by atoms with Crippen molar-refractivity contribution >= 4 is 0 Å². The standard InChI is InChI=1S/C14H22N2O2/c1-2-17-13-9-6-10-14(16-13)18-12-8-5-3-4-7-11(12)15/h6,9-12H,2-5,7-8,15H2,1H3. The number of pyridine rings is 1. The fourth-order valence-electron chi connectivity index (χ4n) is 2.29. The molecular formula is C14H22N2O2. The highest BCUT2D eigenvalue weighted by Gasteiger charge is 2.22. The zero-order valence-corrected chi connectivity index (χ0v) is 11.0. The van der Waals surface area contributed by atoms with E-state index in [1.807, 2.05) is 25.1 Å². The highest BCUT2D eigenvalue weighted by molar-refractivity contribution is 5.20. The molecule has 2 atom stereocenters. The minimum Gasteiger partial charge on any atom is -0.478 e. The molecule has 4 heteroatoms. The van der Waals surface area contributed by atoms with Crippen LogP contribution in [0.1, 0.15) is 39.0 Å². The Bertz CT molecular complexity index is 371. The number of rotatable bonds is 4. The van der Waals surface area contributed by atoms with Crippen molar-refractivity contribution in [3.63, 3.8) is 0 Å². The summed E-state index contributed by atoms with van der Waals surface area (Å²) in [7, 11) is 0. The lowest BCUT2D eigenvalue weighted by Gasteiger charge is -2.22. The predicted molar refractivity (Wildman–Crippen MR) is 70.9 cm³/mol. The van der Waals surface area contributed by atoms with E-state index in [1.54, 1.807) is 0 Å². The van der Waals surface area contributed by atoms with Gasteiger partial charge in [-0.2, -0.15) is 4.98 Å². The third-order valence-electron chi connectivity index (χ3n) is 3.27. The van der Waals surface area contributed by atoms with Gasteiger partial charge < -0.3 is 15.2 Å². The fourth-order valence-corrected chi connectivity index (χ4v) is 2.29. The van der Waals surface area contributed by atoms with Gasteiger partial charge in [-0.1, -0.05) is 18.9 Å². The van der Waals surface area contributed by atoms with Crippen molar-refractivity contribution in [2.75, 3.05) is 6.61 Å². The second-order valence-corrected chi connectivity index (χ2v) is 4.71. The van der Waals surface area contributed by atoms with E-state index in [4.69, 9.17) is 15.2 Å². The first-order valence-electron chi connectivity index (χ1n) is 6.81. The van der Waals surface area contributed by atoms with Crippen molar-refractivity contribution < 1.29 is 9.47 Å². The molecule has 0 spiro atoms. The average Bonchev–Trinajstić information content (AvgIpc) is 2.56. The summed E-state index contributed by atoms with van der Waals surface area (Å²) in [4.78, 5) is 4.32. The van der Waals surface area contributed by atoms with Crippen molar-refractivity contribution in [2.45, 2.75) is 51.2 Å². The Morgan fingerprint density at radius 3 is 2.83 bits per heavy atom. The number of hydrogen-bond donors (Lipinski definition) is 1. The summed E-state index contributed by atoms with van der Waals surface area (Å²) < 4.78 is 11.3. The van der Waals surface area contributed by atoms with Crippen LogP contribution in [0.3, 0.4) is 0 Å². The zero-order valence-electron chi connectivity index (χ0n) is 11.0. The van der Waals surface area contributed by atoms with Gasteiger partial charge in [-0.05, 0) is 26.2 Å². The van der Waals surface area contributed by atoms with Crippen LogP contribution in [0.25, 0.3) is 0 Å². The molecule has 1 saturated carbocycles. The lowest BCUT2D eigenvalue weighted by molar-refractivity contribution is 0.154. The van der Waals surface area contributed by atoms with Crippen molar-refractivity contribution in [2.24, 2.45) is 5.73 Å². The van der Waals surface area contributed by atoms with Gasteiger partial charge in [-0.25, -0.2) is 0 Å². The van der Waals surface area contributed by atoms with Gasteiger partial charge in [0.1, 0.15) is 6.10 Å². The maximum atomic E-state index is 6.14. The Balaban J connectivity index is 2.00. The van der Waals surface area contributed by atoms with Crippen LogP contribution in [0, 0.1) is 0 Å².